The highest BCUT2D eigenvalue weighted by Gasteiger charge is 2.20. The van der Waals surface area contributed by atoms with E-state index in [0.717, 1.165) is 0 Å². The van der Waals surface area contributed by atoms with E-state index in [1.54, 1.807) is 12.1 Å². The van der Waals surface area contributed by atoms with Crippen molar-refractivity contribution in [1.29, 1.82) is 0 Å². The summed E-state index contributed by atoms with van der Waals surface area (Å²) in [5, 5.41) is 6.22. The van der Waals surface area contributed by atoms with E-state index in [0.29, 0.717) is 23.4 Å². The molecule has 0 bridgehead atoms. The van der Waals surface area contributed by atoms with Gasteiger partial charge in [0, 0.05) is 23.4 Å². The van der Waals surface area contributed by atoms with E-state index < -0.39 is 6.17 Å². The molecule has 1 aromatic rings. The first kappa shape index (κ1) is 18.5. The van der Waals surface area contributed by atoms with Crippen LogP contribution in [-0.4, -0.2) is 11.8 Å². The fraction of sp³-hybridized carbons (Fsp3) is 0.529. The highest BCUT2D eigenvalue weighted by Crippen LogP contribution is 2.21. The third kappa shape index (κ3) is 6.48. The van der Waals surface area contributed by atoms with E-state index in [2.05, 4.69) is 10.6 Å². The van der Waals surface area contributed by atoms with Gasteiger partial charge in [-0.25, -0.2) is 0 Å². The van der Waals surface area contributed by atoms with Crippen molar-refractivity contribution in [2.75, 3.05) is 0 Å². The second-order valence-electron chi connectivity index (χ2n) is 6.29. The van der Waals surface area contributed by atoms with E-state index in [1.807, 2.05) is 39.8 Å². The van der Waals surface area contributed by atoms with E-state index in [9.17, 15) is 9.59 Å². The minimum atomic E-state index is -0.605. The molecule has 0 heterocycles. The highest BCUT2D eigenvalue weighted by atomic mass is 35.5. The average molecular weight is 325 g/mol. The fourth-order valence-electron chi connectivity index (χ4n) is 2.08. The molecule has 0 aliphatic heterocycles. The van der Waals surface area contributed by atoms with E-state index in [-0.39, 0.29) is 23.7 Å². The molecule has 2 amide bonds. The van der Waals surface area contributed by atoms with Gasteiger partial charge in [0.15, 0.2) is 0 Å². The Morgan fingerprint density at radius 1 is 0.955 bits per heavy atom. The molecule has 1 aromatic carbocycles. The first-order valence-electron chi connectivity index (χ1n) is 7.62. The number of hydrogen-bond donors (Lipinski definition) is 2. The van der Waals surface area contributed by atoms with Crippen molar-refractivity contribution in [1.82, 2.24) is 10.6 Å². The molecule has 0 aliphatic rings. The Labute approximate surface area is 137 Å². The van der Waals surface area contributed by atoms with Crippen molar-refractivity contribution in [2.24, 2.45) is 11.8 Å². The number of nitrogens with one attached hydrogen (secondary N) is 2. The highest BCUT2D eigenvalue weighted by molar-refractivity contribution is 6.31. The zero-order valence-electron chi connectivity index (χ0n) is 13.7. The normalized spacial score (nSPS) is 11.1. The monoisotopic (exact) mass is 324 g/mol. The molecular formula is C17H25ClN2O2. The van der Waals surface area contributed by atoms with Crippen molar-refractivity contribution in [2.45, 2.75) is 46.7 Å². The predicted molar refractivity (Wildman–Crippen MR) is 89.4 cm³/mol. The van der Waals surface area contributed by atoms with Gasteiger partial charge in [0.05, 0.1) is 0 Å². The Bertz CT molecular complexity index is 491. The van der Waals surface area contributed by atoms with Gasteiger partial charge in [-0.2, -0.15) is 0 Å². The molecule has 22 heavy (non-hydrogen) atoms. The quantitative estimate of drug-likeness (QED) is 0.752. The minimum Gasteiger partial charge on any atom is -0.332 e. The van der Waals surface area contributed by atoms with Crippen LogP contribution in [-0.2, 0) is 9.59 Å². The Kier molecular flexibility index (Phi) is 7.39. The SMILES string of the molecule is CC(C)CC(=O)NC(NC(=O)CC(C)C)c1ccccc1Cl. The zero-order chi connectivity index (χ0) is 16.7. The van der Waals surface area contributed by atoms with Gasteiger partial charge < -0.3 is 10.6 Å². The van der Waals surface area contributed by atoms with Crippen LogP contribution in [0.2, 0.25) is 5.02 Å². The lowest BCUT2D eigenvalue weighted by Crippen LogP contribution is -2.41. The number of benzene rings is 1. The Hall–Kier alpha value is -1.55. The molecule has 0 spiro atoms. The largest absolute Gasteiger partial charge is 0.332 e. The lowest BCUT2D eigenvalue weighted by atomic mass is 10.1. The van der Waals surface area contributed by atoms with Crippen LogP contribution in [0.15, 0.2) is 24.3 Å². The van der Waals surface area contributed by atoms with Crippen LogP contribution in [0.5, 0.6) is 0 Å². The fourth-order valence-corrected chi connectivity index (χ4v) is 2.33. The van der Waals surface area contributed by atoms with Gasteiger partial charge in [-0.1, -0.05) is 57.5 Å². The molecule has 0 radical (unpaired) electrons. The summed E-state index contributed by atoms with van der Waals surface area (Å²) in [6, 6.07) is 7.19. The van der Waals surface area contributed by atoms with Gasteiger partial charge in [-0.05, 0) is 17.9 Å². The molecular weight excluding hydrogens is 300 g/mol. The molecule has 0 saturated heterocycles. The minimum absolute atomic E-state index is 0.107. The third-order valence-corrected chi connectivity index (χ3v) is 3.36. The van der Waals surface area contributed by atoms with Gasteiger partial charge in [-0.3, -0.25) is 9.59 Å². The maximum absolute atomic E-state index is 12.0. The van der Waals surface area contributed by atoms with Crippen LogP contribution in [0.1, 0.15) is 52.3 Å². The number of halogens is 1. The Morgan fingerprint density at radius 3 is 1.82 bits per heavy atom. The maximum atomic E-state index is 12.0. The average Bonchev–Trinajstić information content (AvgIpc) is 2.36. The number of carbonyl (C=O) groups is 2. The molecule has 0 atom stereocenters. The molecule has 0 saturated carbocycles. The summed E-state index contributed by atoms with van der Waals surface area (Å²) in [5.74, 6) is 0.283. The zero-order valence-corrected chi connectivity index (χ0v) is 14.4. The Morgan fingerprint density at radius 2 is 1.41 bits per heavy atom. The second kappa shape index (κ2) is 8.79. The van der Waals surface area contributed by atoms with Crippen LogP contribution >= 0.6 is 11.6 Å². The van der Waals surface area contributed by atoms with E-state index in [1.165, 1.54) is 0 Å². The molecule has 0 unspecified atom stereocenters. The summed E-state index contributed by atoms with van der Waals surface area (Å²) >= 11 is 6.19. The number of rotatable bonds is 7. The second-order valence-corrected chi connectivity index (χ2v) is 6.69. The topological polar surface area (TPSA) is 58.2 Å². The van der Waals surface area contributed by atoms with Crippen LogP contribution in [0.4, 0.5) is 0 Å². The summed E-state index contributed by atoms with van der Waals surface area (Å²) in [6.45, 7) is 7.89. The summed E-state index contributed by atoms with van der Waals surface area (Å²) < 4.78 is 0. The molecule has 5 heteroatoms. The molecule has 1 rings (SSSR count). The van der Waals surface area contributed by atoms with Gasteiger partial charge in [-0.15, -0.1) is 0 Å². The third-order valence-electron chi connectivity index (χ3n) is 3.01. The number of amides is 2. The predicted octanol–water partition coefficient (Wildman–Crippen LogP) is 3.66. The van der Waals surface area contributed by atoms with Crippen LogP contribution in [0.3, 0.4) is 0 Å². The number of hydrogen-bond acceptors (Lipinski definition) is 2. The van der Waals surface area contributed by atoms with Crippen molar-refractivity contribution < 1.29 is 9.59 Å². The Balaban J connectivity index is 2.88. The van der Waals surface area contributed by atoms with Gasteiger partial charge in [0.25, 0.3) is 0 Å². The van der Waals surface area contributed by atoms with Gasteiger partial charge in [0.1, 0.15) is 6.17 Å². The summed E-state index contributed by atoms with van der Waals surface area (Å²) in [5.41, 5.74) is 0.693. The first-order chi connectivity index (χ1) is 10.3. The molecule has 122 valence electrons. The van der Waals surface area contributed by atoms with Crippen molar-refractivity contribution in [3.63, 3.8) is 0 Å². The summed E-state index contributed by atoms with van der Waals surface area (Å²) in [7, 11) is 0. The lowest BCUT2D eigenvalue weighted by Gasteiger charge is -2.22. The maximum Gasteiger partial charge on any atom is 0.222 e. The number of carbonyl (C=O) groups excluding carboxylic acids is 2. The van der Waals surface area contributed by atoms with Crippen molar-refractivity contribution >= 4 is 23.4 Å². The van der Waals surface area contributed by atoms with Crippen LogP contribution < -0.4 is 10.6 Å². The standard InChI is InChI=1S/C17H25ClN2O2/c1-11(2)9-15(21)19-17(20-16(22)10-12(3)4)13-7-5-6-8-14(13)18/h5-8,11-12,17H,9-10H2,1-4H3,(H,19,21)(H,20,22). The molecule has 4 nitrogen and oxygen atoms in total. The van der Waals surface area contributed by atoms with E-state index in [4.69, 9.17) is 11.6 Å². The van der Waals surface area contributed by atoms with E-state index >= 15 is 0 Å². The van der Waals surface area contributed by atoms with Gasteiger partial charge >= 0.3 is 0 Å². The molecule has 0 aromatic heterocycles. The van der Waals surface area contributed by atoms with Crippen molar-refractivity contribution in [3.8, 4) is 0 Å². The molecule has 0 fully saturated rings. The van der Waals surface area contributed by atoms with Crippen LogP contribution in [0, 0.1) is 11.8 Å². The van der Waals surface area contributed by atoms with Crippen LogP contribution in [0.25, 0.3) is 0 Å². The smallest absolute Gasteiger partial charge is 0.222 e. The molecule has 2 N–H and O–H groups in total. The summed E-state index contributed by atoms with van der Waals surface area (Å²) in [4.78, 5) is 24.1. The summed E-state index contributed by atoms with van der Waals surface area (Å²) in [6.07, 6.45) is 0.202. The first-order valence-corrected chi connectivity index (χ1v) is 8.00. The van der Waals surface area contributed by atoms with Gasteiger partial charge in [0.2, 0.25) is 11.8 Å². The molecule has 0 aliphatic carbocycles. The lowest BCUT2D eigenvalue weighted by molar-refractivity contribution is -0.125. The van der Waals surface area contributed by atoms with Crippen molar-refractivity contribution in [3.05, 3.63) is 34.9 Å².